The summed E-state index contributed by atoms with van der Waals surface area (Å²) in [5, 5.41) is 11.7. The SMILES string of the molecule is C1=Cc2ccc(-c3cccc(-n4c5ccccc5c5cc(C6=Cc7c(c8ccccc8n7C7Nc8ccccc8NC7c7ccccc7)C=CC6)ccc54)c3)nc2CC1. The van der Waals surface area contributed by atoms with E-state index in [1.165, 1.54) is 71.9 Å². The molecule has 6 aromatic carbocycles. The summed E-state index contributed by atoms with van der Waals surface area (Å²) in [5.41, 5.74) is 17.7. The molecular formula is C54H41N5. The number of benzene rings is 6. The molecular weight excluding hydrogens is 719 g/mol. The third kappa shape index (κ3) is 5.57. The molecule has 0 spiro atoms. The number of pyridine rings is 1. The van der Waals surface area contributed by atoms with Crippen LogP contribution in [0.5, 0.6) is 0 Å². The third-order valence-corrected chi connectivity index (χ3v) is 12.5. The van der Waals surface area contributed by atoms with Gasteiger partial charge in [0, 0.05) is 38.7 Å². The minimum absolute atomic E-state index is 0.00347. The number of fused-ring (bicyclic) bond motifs is 8. The molecule has 0 radical (unpaired) electrons. The molecule has 0 saturated carbocycles. The number of nitrogens with zero attached hydrogens (tertiary/aromatic N) is 3. The number of aryl methyl sites for hydroxylation is 1. The van der Waals surface area contributed by atoms with Gasteiger partial charge in [0.05, 0.1) is 45.4 Å². The minimum Gasteiger partial charge on any atom is -0.373 e. The van der Waals surface area contributed by atoms with Crippen LogP contribution in [0.15, 0.2) is 170 Å². The molecule has 12 rings (SSSR count). The van der Waals surface area contributed by atoms with Gasteiger partial charge >= 0.3 is 0 Å². The van der Waals surface area contributed by atoms with E-state index in [9.17, 15) is 0 Å². The molecule has 3 aromatic heterocycles. The van der Waals surface area contributed by atoms with Crippen molar-refractivity contribution < 1.29 is 0 Å². The van der Waals surface area contributed by atoms with Crippen LogP contribution >= 0.6 is 0 Å². The Balaban J connectivity index is 0.998. The van der Waals surface area contributed by atoms with Crippen LogP contribution < -0.4 is 10.6 Å². The number of para-hydroxylation sites is 4. The Bertz CT molecular complexity index is 3210. The minimum atomic E-state index is -0.0884. The summed E-state index contributed by atoms with van der Waals surface area (Å²) in [6.45, 7) is 0. The highest BCUT2D eigenvalue weighted by Crippen LogP contribution is 2.45. The Morgan fingerprint density at radius 1 is 0.576 bits per heavy atom. The first-order valence-corrected chi connectivity index (χ1v) is 20.7. The topological polar surface area (TPSA) is 46.8 Å². The van der Waals surface area contributed by atoms with Crippen molar-refractivity contribution in [2.24, 2.45) is 0 Å². The van der Waals surface area contributed by atoms with Gasteiger partial charge in [0.15, 0.2) is 0 Å². The van der Waals surface area contributed by atoms with Gasteiger partial charge in [0.1, 0.15) is 6.17 Å². The lowest BCUT2D eigenvalue weighted by atomic mass is 9.98. The second kappa shape index (κ2) is 13.6. The normalized spacial score (nSPS) is 16.8. The number of aromatic nitrogens is 3. The largest absolute Gasteiger partial charge is 0.373 e. The van der Waals surface area contributed by atoms with E-state index < -0.39 is 0 Å². The third-order valence-electron chi connectivity index (χ3n) is 12.5. The highest BCUT2D eigenvalue weighted by molar-refractivity contribution is 6.10. The van der Waals surface area contributed by atoms with Crippen molar-refractivity contribution >= 4 is 67.9 Å². The maximum absolute atomic E-state index is 5.12. The van der Waals surface area contributed by atoms with Crippen molar-refractivity contribution in [2.75, 3.05) is 10.6 Å². The van der Waals surface area contributed by atoms with Crippen molar-refractivity contribution in [3.05, 3.63) is 204 Å². The Hall–Kier alpha value is -7.37. The molecule has 5 heteroatoms. The van der Waals surface area contributed by atoms with E-state index in [1.807, 2.05) is 0 Å². The lowest BCUT2D eigenvalue weighted by Gasteiger charge is -2.38. The molecule has 2 unspecified atom stereocenters. The predicted octanol–water partition coefficient (Wildman–Crippen LogP) is 13.5. The summed E-state index contributed by atoms with van der Waals surface area (Å²) < 4.78 is 4.95. The molecule has 1 aliphatic heterocycles. The van der Waals surface area contributed by atoms with Crippen molar-refractivity contribution in [3.8, 4) is 16.9 Å². The number of allylic oxidation sites excluding steroid dienone is 3. The van der Waals surface area contributed by atoms with E-state index in [4.69, 9.17) is 4.98 Å². The van der Waals surface area contributed by atoms with Gasteiger partial charge in [-0.3, -0.25) is 4.98 Å². The number of rotatable bonds is 5. The maximum Gasteiger partial charge on any atom is 0.129 e. The second-order valence-corrected chi connectivity index (χ2v) is 15.9. The lowest BCUT2D eigenvalue weighted by Crippen LogP contribution is -2.34. The summed E-state index contributed by atoms with van der Waals surface area (Å²) in [4.78, 5) is 5.12. The molecule has 0 bridgehead atoms. The highest BCUT2D eigenvalue weighted by atomic mass is 15.3. The molecule has 4 heterocycles. The van der Waals surface area contributed by atoms with Crippen LogP contribution in [-0.4, -0.2) is 14.1 Å². The van der Waals surface area contributed by atoms with Crippen molar-refractivity contribution in [3.63, 3.8) is 0 Å². The highest BCUT2D eigenvalue weighted by Gasteiger charge is 2.33. The molecule has 0 saturated heterocycles. The van der Waals surface area contributed by atoms with Crippen molar-refractivity contribution in [1.29, 1.82) is 0 Å². The lowest BCUT2D eigenvalue weighted by molar-refractivity contribution is 0.492. The summed E-state index contributed by atoms with van der Waals surface area (Å²) >= 11 is 0. The van der Waals surface area contributed by atoms with E-state index in [0.29, 0.717) is 0 Å². The first-order chi connectivity index (χ1) is 29.2. The Labute approximate surface area is 343 Å². The average Bonchev–Trinajstić information content (AvgIpc) is 3.69. The monoisotopic (exact) mass is 759 g/mol. The zero-order valence-corrected chi connectivity index (χ0v) is 32.5. The Kier molecular flexibility index (Phi) is 7.80. The van der Waals surface area contributed by atoms with Crippen LogP contribution in [0.1, 0.15) is 58.7 Å². The summed E-state index contributed by atoms with van der Waals surface area (Å²) in [5.74, 6) is 0. The first-order valence-electron chi connectivity index (χ1n) is 20.7. The van der Waals surface area contributed by atoms with E-state index >= 15 is 0 Å². The van der Waals surface area contributed by atoms with E-state index in [1.54, 1.807) is 0 Å². The van der Waals surface area contributed by atoms with E-state index in [0.717, 1.165) is 47.6 Å². The number of hydrogen-bond donors (Lipinski definition) is 2. The molecule has 2 aliphatic carbocycles. The average molecular weight is 760 g/mol. The summed E-state index contributed by atoms with van der Waals surface area (Å²) in [6, 6.07) is 57.3. The zero-order valence-electron chi connectivity index (χ0n) is 32.5. The van der Waals surface area contributed by atoms with E-state index in [2.05, 4.69) is 208 Å². The molecule has 282 valence electrons. The quantitative estimate of drug-likeness (QED) is 0.184. The Morgan fingerprint density at radius 3 is 2.25 bits per heavy atom. The van der Waals surface area contributed by atoms with Gasteiger partial charge in [-0.2, -0.15) is 0 Å². The van der Waals surface area contributed by atoms with Crippen LogP contribution in [0.2, 0.25) is 0 Å². The van der Waals surface area contributed by atoms with Gasteiger partial charge in [0.25, 0.3) is 0 Å². The van der Waals surface area contributed by atoms with Gasteiger partial charge in [-0.15, -0.1) is 0 Å². The van der Waals surface area contributed by atoms with Crippen LogP contribution in [-0.2, 0) is 6.42 Å². The van der Waals surface area contributed by atoms with Gasteiger partial charge in [-0.1, -0.05) is 127 Å². The van der Waals surface area contributed by atoms with Crippen molar-refractivity contribution in [2.45, 2.75) is 31.5 Å². The fourth-order valence-electron chi connectivity index (χ4n) is 9.73. The molecule has 0 fully saturated rings. The number of anilines is 2. The fourth-order valence-corrected chi connectivity index (χ4v) is 9.73. The maximum atomic E-state index is 5.12. The second-order valence-electron chi connectivity index (χ2n) is 15.9. The fraction of sp³-hybridized carbons (Fsp3) is 0.0926. The standard InChI is InChI=1S/C54H41N5/c1-2-15-36(16-3-1)53-54(57-48-25-9-8-24-47(48)56-53)59-50-27-11-5-20-41(50)42-22-13-17-37(34-52(42)59)38-29-31-51-44(33-38)43-21-6-10-26-49(43)58(51)40-19-12-18-39(32-40)46-30-28-35-14-4-7-23-45(35)55-46/h1-6,8-16,18-22,24-34,53-54,56-57H,7,17,23H2. The van der Waals surface area contributed by atoms with Gasteiger partial charge < -0.3 is 19.8 Å². The number of nitrogens with one attached hydrogen (secondary N) is 2. The molecule has 2 N–H and O–H groups in total. The first kappa shape index (κ1) is 33.7. The summed E-state index contributed by atoms with van der Waals surface area (Å²) in [7, 11) is 0. The van der Waals surface area contributed by atoms with E-state index in [-0.39, 0.29) is 12.2 Å². The van der Waals surface area contributed by atoms with Crippen molar-refractivity contribution in [1.82, 2.24) is 14.1 Å². The molecule has 5 nitrogen and oxygen atoms in total. The van der Waals surface area contributed by atoms with Crippen LogP contribution in [0.25, 0.3) is 73.5 Å². The molecule has 3 aliphatic rings. The smallest absolute Gasteiger partial charge is 0.129 e. The summed E-state index contributed by atoms with van der Waals surface area (Å²) in [6.07, 6.45) is 14.3. The van der Waals surface area contributed by atoms with Gasteiger partial charge in [0.2, 0.25) is 0 Å². The predicted molar refractivity (Wildman–Crippen MR) is 247 cm³/mol. The van der Waals surface area contributed by atoms with Crippen LogP contribution in [0.3, 0.4) is 0 Å². The Morgan fingerprint density at radius 2 is 1.36 bits per heavy atom. The zero-order chi connectivity index (χ0) is 38.9. The van der Waals surface area contributed by atoms with Gasteiger partial charge in [-0.25, -0.2) is 0 Å². The molecule has 9 aromatic rings. The molecule has 59 heavy (non-hydrogen) atoms. The van der Waals surface area contributed by atoms with Crippen LogP contribution in [0.4, 0.5) is 11.4 Å². The van der Waals surface area contributed by atoms with Crippen LogP contribution in [0, 0.1) is 0 Å². The van der Waals surface area contributed by atoms with Gasteiger partial charge in [-0.05, 0) is 102 Å². The molecule has 2 atom stereocenters. The number of hydrogen-bond acceptors (Lipinski definition) is 3. The molecule has 0 amide bonds.